The number of pyridine rings is 1. The molecule has 0 atom stereocenters. The van der Waals surface area contributed by atoms with Gasteiger partial charge in [-0.3, -0.25) is 9.36 Å². The fourth-order valence-corrected chi connectivity index (χ4v) is 4.23. The number of fused-ring (bicyclic) bond motifs is 1. The monoisotopic (exact) mass is 424 g/mol. The Labute approximate surface area is 179 Å². The summed E-state index contributed by atoms with van der Waals surface area (Å²) < 4.78 is 19.7. The molecule has 0 spiro atoms. The lowest BCUT2D eigenvalue weighted by Gasteiger charge is -2.19. The number of anilines is 1. The fourth-order valence-electron chi connectivity index (χ4n) is 4.23. The van der Waals surface area contributed by atoms with Crippen LogP contribution in [0.1, 0.15) is 54.7 Å². The van der Waals surface area contributed by atoms with Gasteiger partial charge in [0.05, 0.1) is 17.9 Å². The second kappa shape index (κ2) is 8.83. The summed E-state index contributed by atoms with van der Waals surface area (Å²) in [5, 5.41) is 3.23. The van der Waals surface area contributed by atoms with Crippen LogP contribution in [0.5, 0.6) is 0 Å². The lowest BCUT2D eigenvalue weighted by Crippen LogP contribution is -2.26. The van der Waals surface area contributed by atoms with Gasteiger partial charge in [-0.2, -0.15) is 4.98 Å². The highest BCUT2D eigenvalue weighted by molar-refractivity contribution is 5.92. The first-order valence-corrected chi connectivity index (χ1v) is 10.5. The molecule has 0 saturated heterocycles. The molecule has 0 bridgehead atoms. The van der Waals surface area contributed by atoms with E-state index in [9.17, 15) is 14.0 Å². The average Bonchev–Trinajstić information content (AvgIpc) is 3.28. The molecule has 162 valence electrons. The number of nitrogens with one attached hydrogen (secondary N) is 1. The minimum atomic E-state index is -0.794. The third-order valence-electron chi connectivity index (χ3n) is 5.68. The van der Waals surface area contributed by atoms with Crippen molar-refractivity contribution < 1.29 is 13.9 Å². The molecule has 0 unspecified atom stereocenters. The van der Waals surface area contributed by atoms with Crippen LogP contribution >= 0.6 is 0 Å². The summed E-state index contributed by atoms with van der Waals surface area (Å²) in [6, 6.07) is 8.68. The van der Waals surface area contributed by atoms with Crippen LogP contribution in [-0.2, 0) is 4.74 Å². The number of carbonyl (C=O) groups excluding carboxylic acids is 1. The highest BCUT2D eigenvalue weighted by atomic mass is 19.1. The molecular weight excluding hydrogens is 399 g/mol. The van der Waals surface area contributed by atoms with Gasteiger partial charge in [0.1, 0.15) is 5.65 Å². The van der Waals surface area contributed by atoms with Gasteiger partial charge in [-0.15, -0.1) is 0 Å². The van der Waals surface area contributed by atoms with Crippen molar-refractivity contribution in [2.24, 2.45) is 0 Å². The van der Waals surface area contributed by atoms with E-state index in [1.54, 1.807) is 41.8 Å². The maximum atomic E-state index is 13.6. The van der Waals surface area contributed by atoms with Crippen molar-refractivity contribution in [2.45, 2.75) is 45.6 Å². The molecule has 8 heteroatoms. The number of nitrogens with zero attached hydrogens (tertiary/aromatic N) is 3. The van der Waals surface area contributed by atoms with Crippen LogP contribution in [-0.4, -0.2) is 33.9 Å². The summed E-state index contributed by atoms with van der Waals surface area (Å²) in [6.45, 7) is 3.05. The van der Waals surface area contributed by atoms with E-state index >= 15 is 0 Å². The van der Waals surface area contributed by atoms with Gasteiger partial charge in [0.25, 0.3) is 5.56 Å². The van der Waals surface area contributed by atoms with Gasteiger partial charge in [0.2, 0.25) is 5.95 Å². The standard InChI is InChI=1S/C23H25FN4O3/c1-3-31-22(30)16-8-6-7-15(11-16)19-12-18-14(2)26-23(25-13-24)27-20(18)28(21(19)29)17-9-4-5-10-17/h6-8,11-12,17H,3-5,9-10,13H2,1-2H3,(H,25,26,27). The Kier molecular flexibility index (Phi) is 5.97. The van der Waals surface area contributed by atoms with Crippen LogP contribution in [0, 0.1) is 6.92 Å². The number of ether oxygens (including phenoxy) is 1. The molecule has 1 saturated carbocycles. The van der Waals surface area contributed by atoms with Gasteiger partial charge >= 0.3 is 5.97 Å². The third-order valence-corrected chi connectivity index (χ3v) is 5.68. The Morgan fingerprint density at radius 3 is 2.74 bits per heavy atom. The Morgan fingerprint density at radius 1 is 1.26 bits per heavy atom. The van der Waals surface area contributed by atoms with Gasteiger partial charge in [-0.1, -0.05) is 25.0 Å². The summed E-state index contributed by atoms with van der Waals surface area (Å²) in [7, 11) is 0. The first kappa shape index (κ1) is 21.0. The number of alkyl halides is 1. The topological polar surface area (TPSA) is 86.1 Å². The molecule has 3 aromatic rings. The summed E-state index contributed by atoms with van der Waals surface area (Å²) in [6.07, 6.45) is 3.86. The molecule has 1 aliphatic carbocycles. The first-order valence-electron chi connectivity index (χ1n) is 10.5. The van der Waals surface area contributed by atoms with Gasteiger partial charge in [0, 0.05) is 17.0 Å². The molecule has 1 aliphatic rings. The van der Waals surface area contributed by atoms with Crippen LogP contribution in [0.15, 0.2) is 35.1 Å². The number of hydrogen-bond donors (Lipinski definition) is 1. The lowest BCUT2D eigenvalue weighted by molar-refractivity contribution is 0.0526. The normalized spacial score (nSPS) is 14.2. The second-order valence-corrected chi connectivity index (χ2v) is 7.65. The fraction of sp³-hybridized carbons (Fsp3) is 0.391. The number of halogens is 1. The Bertz CT molecular complexity index is 1190. The van der Waals surface area contributed by atoms with Crippen LogP contribution in [0.25, 0.3) is 22.2 Å². The Hall–Kier alpha value is -3.29. The molecule has 1 aromatic carbocycles. The summed E-state index contributed by atoms with van der Waals surface area (Å²) in [5.74, 6) is -0.265. The highest BCUT2D eigenvalue weighted by Crippen LogP contribution is 2.33. The van der Waals surface area contributed by atoms with Gasteiger partial charge in [0.15, 0.2) is 6.80 Å². The predicted octanol–water partition coefficient (Wildman–Crippen LogP) is 4.40. The first-order chi connectivity index (χ1) is 15.0. The molecule has 7 nitrogen and oxygen atoms in total. The van der Waals surface area contributed by atoms with Crippen molar-refractivity contribution in [3.05, 3.63) is 51.9 Å². The smallest absolute Gasteiger partial charge is 0.338 e. The van der Waals surface area contributed by atoms with Gasteiger partial charge in [-0.25, -0.2) is 14.2 Å². The summed E-state index contributed by atoms with van der Waals surface area (Å²) in [4.78, 5) is 34.6. The van der Waals surface area contributed by atoms with E-state index in [1.807, 2.05) is 6.92 Å². The maximum Gasteiger partial charge on any atom is 0.338 e. The van der Waals surface area contributed by atoms with Crippen molar-refractivity contribution in [2.75, 3.05) is 18.7 Å². The second-order valence-electron chi connectivity index (χ2n) is 7.65. The van der Waals surface area contributed by atoms with Crippen molar-refractivity contribution in [3.63, 3.8) is 0 Å². The number of aromatic nitrogens is 3. The minimum Gasteiger partial charge on any atom is -0.462 e. The molecule has 31 heavy (non-hydrogen) atoms. The number of benzene rings is 1. The van der Waals surface area contributed by atoms with Crippen LogP contribution < -0.4 is 10.9 Å². The van der Waals surface area contributed by atoms with E-state index in [4.69, 9.17) is 4.74 Å². The minimum absolute atomic E-state index is 0.0238. The molecule has 2 heterocycles. The summed E-state index contributed by atoms with van der Waals surface area (Å²) in [5.41, 5.74) is 2.48. The van der Waals surface area contributed by atoms with E-state index < -0.39 is 12.8 Å². The van der Waals surface area contributed by atoms with E-state index in [0.29, 0.717) is 28.0 Å². The quantitative estimate of drug-likeness (QED) is 0.466. The molecule has 1 fully saturated rings. The Morgan fingerprint density at radius 2 is 2.03 bits per heavy atom. The average molecular weight is 424 g/mol. The summed E-state index contributed by atoms with van der Waals surface area (Å²) >= 11 is 0. The van der Waals surface area contributed by atoms with Crippen molar-refractivity contribution in [1.82, 2.24) is 14.5 Å². The number of hydrogen-bond acceptors (Lipinski definition) is 6. The van der Waals surface area contributed by atoms with Crippen LogP contribution in [0.2, 0.25) is 0 Å². The highest BCUT2D eigenvalue weighted by Gasteiger charge is 2.24. The lowest BCUT2D eigenvalue weighted by atomic mass is 10.0. The molecule has 1 N–H and O–H groups in total. The van der Waals surface area contributed by atoms with Crippen molar-refractivity contribution in [3.8, 4) is 11.1 Å². The molecule has 0 radical (unpaired) electrons. The molecule has 0 amide bonds. The molecule has 4 rings (SSSR count). The van der Waals surface area contributed by atoms with Gasteiger partial charge < -0.3 is 10.1 Å². The SMILES string of the molecule is CCOC(=O)c1cccc(-c2cc3c(C)nc(NCF)nc3n(C3CCCC3)c2=O)c1. The number of carbonyl (C=O) groups is 1. The van der Waals surface area contributed by atoms with Crippen LogP contribution in [0.3, 0.4) is 0 Å². The zero-order valence-corrected chi connectivity index (χ0v) is 17.7. The maximum absolute atomic E-state index is 13.6. The number of aryl methyl sites for hydroxylation is 1. The van der Waals surface area contributed by atoms with E-state index in [1.165, 1.54) is 0 Å². The van der Waals surface area contributed by atoms with E-state index in [-0.39, 0.29) is 24.2 Å². The van der Waals surface area contributed by atoms with E-state index in [0.717, 1.165) is 31.1 Å². The van der Waals surface area contributed by atoms with Crippen molar-refractivity contribution in [1.29, 1.82) is 0 Å². The van der Waals surface area contributed by atoms with E-state index in [2.05, 4.69) is 15.3 Å². The Balaban J connectivity index is 1.95. The zero-order chi connectivity index (χ0) is 22.0. The van der Waals surface area contributed by atoms with Crippen molar-refractivity contribution >= 4 is 23.0 Å². The number of esters is 1. The largest absolute Gasteiger partial charge is 0.462 e. The van der Waals surface area contributed by atoms with Gasteiger partial charge in [-0.05, 0) is 50.5 Å². The zero-order valence-electron chi connectivity index (χ0n) is 17.7. The van der Waals surface area contributed by atoms with Crippen LogP contribution in [0.4, 0.5) is 10.3 Å². The third kappa shape index (κ3) is 4.02. The number of rotatable bonds is 6. The molecule has 0 aliphatic heterocycles. The molecule has 2 aromatic heterocycles. The predicted molar refractivity (Wildman–Crippen MR) is 117 cm³/mol. The molecular formula is C23H25FN4O3.